The third-order valence-corrected chi connectivity index (χ3v) is 7.97. The van der Waals surface area contributed by atoms with Crippen LogP contribution in [0.5, 0.6) is 0 Å². The molecule has 0 aliphatic carbocycles. The summed E-state index contributed by atoms with van der Waals surface area (Å²) in [5, 5.41) is 4.53. The Bertz CT molecular complexity index is 2230. The predicted octanol–water partition coefficient (Wildman–Crippen LogP) is 9.17. The van der Waals surface area contributed by atoms with Crippen molar-refractivity contribution in [3.63, 3.8) is 0 Å². The standard InChI is InChI=1S/C37H26N4/c1-2-34-40-37-33(41(34)28-11-4-3-5-12-28)21-20-30-29-13-7-9-15-32(29)39-36(35(30)37)25-18-16-24(17-19-25)27-22-26-10-6-8-14-31(26)38-23-27/h3-23H,2H2,1H3. The van der Waals surface area contributed by atoms with E-state index in [-0.39, 0.29) is 0 Å². The van der Waals surface area contributed by atoms with Crippen LogP contribution in [0.2, 0.25) is 0 Å². The number of benzene rings is 5. The highest BCUT2D eigenvalue weighted by molar-refractivity contribution is 6.19. The number of aryl methyl sites for hydroxylation is 1. The first-order valence-corrected chi connectivity index (χ1v) is 14.0. The zero-order chi connectivity index (χ0) is 27.3. The van der Waals surface area contributed by atoms with Gasteiger partial charge in [-0.05, 0) is 47.3 Å². The second-order valence-corrected chi connectivity index (χ2v) is 10.4. The summed E-state index contributed by atoms with van der Waals surface area (Å²) in [5.41, 5.74) is 9.44. The largest absolute Gasteiger partial charge is 0.296 e. The van der Waals surface area contributed by atoms with Crippen LogP contribution in [0.4, 0.5) is 0 Å². The van der Waals surface area contributed by atoms with E-state index in [9.17, 15) is 0 Å². The van der Waals surface area contributed by atoms with Gasteiger partial charge in [0.25, 0.3) is 0 Å². The topological polar surface area (TPSA) is 43.6 Å². The number of imidazole rings is 1. The van der Waals surface area contributed by atoms with Gasteiger partial charge in [-0.2, -0.15) is 0 Å². The summed E-state index contributed by atoms with van der Waals surface area (Å²) in [6.45, 7) is 2.16. The van der Waals surface area contributed by atoms with Crippen LogP contribution in [-0.4, -0.2) is 19.5 Å². The lowest BCUT2D eigenvalue weighted by atomic mass is 9.97. The Balaban J connectivity index is 1.37. The minimum Gasteiger partial charge on any atom is -0.296 e. The van der Waals surface area contributed by atoms with Crippen molar-refractivity contribution in [1.82, 2.24) is 19.5 Å². The molecule has 0 saturated carbocycles. The second-order valence-electron chi connectivity index (χ2n) is 10.4. The van der Waals surface area contributed by atoms with Crippen molar-refractivity contribution < 1.29 is 0 Å². The molecule has 8 rings (SSSR count). The van der Waals surface area contributed by atoms with Crippen molar-refractivity contribution >= 4 is 43.6 Å². The number of nitrogens with zero attached hydrogens (tertiary/aromatic N) is 4. The van der Waals surface area contributed by atoms with Gasteiger partial charge in [0.15, 0.2) is 0 Å². The Morgan fingerprint density at radius 3 is 2.17 bits per heavy atom. The average molecular weight is 527 g/mol. The molecule has 0 aliphatic rings. The van der Waals surface area contributed by atoms with Gasteiger partial charge >= 0.3 is 0 Å². The highest BCUT2D eigenvalue weighted by Gasteiger charge is 2.19. The molecule has 3 aromatic heterocycles. The van der Waals surface area contributed by atoms with Gasteiger partial charge < -0.3 is 0 Å². The zero-order valence-corrected chi connectivity index (χ0v) is 22.6. The van der Waals surface area contributed by atoms with E-state index in [1.54, 1.807) is 0 Å². The molecule has 0 fully saturated rings. The fourth-order valence-corrected chi connectivity index (χ4v) is 5.99. The first-order chi connectivity index (χ1) is 20.3. The summed E-state index contributed by atoms with van der Waals surface area (Å²) in [4.78, 5) is 15.1. The van der Waals surface area contributed by atoms with E-state index in [0.717, 1.165) is 78.5 Å². The maximum atomic E-state index is 5.24. The third kappa shape index (κ3) is 3.80. The maximum Gasteiger partial charge on any atom is 0.114 e. The molecule has 0 amide bonds. The Kier molecular flexibility index (Phi) is 5.39. The molecule has 41 heavy (non-hydrogen) atoms. The Morgan fingerprint density at radius 1 is 0.610 bits per heavy atom. The Morgan fingerprint density at radius 2 is 1.34 bits per heavy atom. The monoisotopic (exact) mass is 526 g/mol. The van der Waals surface area contributed by atoms with Crippen LogP contribution in [-0.2, 0) is 6.42 Å². The summed E-state index contributed by atoms with van der Waals surface area (Å²) < 4.78 is 2.28. The van der Waals surface area contributed by atoms with Gasteiger partial charge in [0.2, 0.25) is 0 Å². The van der Waals surface area contributed by atoms with Gasteiger partial charge in [-0.3, -0.25) is 9.55 Å². The molecule has 3 heterocycles. The van der Waals surface area contributed by atoms with Crippen LogP contribution in [0.3, 0.4) is 0 Å². The highest BCUT2D eigenvalue weighted by Crippen LogP contribution is 2.38. The highest BCUT2D eigenvalue weighted by atomic mass is 15.1. The molecule has 4 heteroatoms. The number of fused-ring (bicyclic) bond motifs is 6. The van der Waals surface area contributed by atoms with Gasteiger partial charge in [0.1, 0.15) is 5.82 Å². The molecule has 0 bridgehead atoms. The number of pyridine rings is 2. The molecule has 0 unspecified atom stereocenters. The lowest BCUT2D eigenvalue weighted by Gasteiger charge is -2.12. The van der Waals surface area contributed by atoms with E-state index in [1.807, 2.05) is 18.3 Å². The van der Waals surface area contributed by atoms with Crippen molar-refractivity contribution in [2.75, 3.05) is 0 Å². The van der Waals surface area contributed by atoms with Crippen LogP contribution < -0.4 is 0 Å². The second kappa shape index (κ2) is 9.39. The lowest BCUT2D eigenvalue weighted by Crippen LogP contribution is -1.99. The first kappa shape index (κ1) is 23.5. The lowest BCUT2D eigenvalue weighted by molar-refractivity contribution is 0.908. The molecule has 5 aromatic carbocycles. The molecule has 8 aromatic rings. The molecular formula is C37H26N4. The van der Waals surface area contributed by atoms with Crippen LogP contribution in [0.1, 0.15) is 12.7 Å². The maximum absolute atomic E-state index is 5.24. The number of aromatic nitrogens is 4. The van der Waals surface area contributed by atoms with E-state index < -0.39 is 0 Å². The van der Waals surface area contributed by atoms with Crippen molar-refractivity contribution in [3.05, 3.63) is 133 Å². The Labute approximate surface area is 237 Å². The number of hydrogen-bond acceptors (Lipinski definition) is 3. The predicted molar refractivity (Wildman–Crippen MR) is 169 cm³/mol. The number of rotatable bonds is 4. The molecule has 0 atom stereocenters. The van der Waals surface area contributed by atoms with Crippen LogP contribution in [0, 0.1) is 0 Å². The molecule has 0 saturated heterocycles. The van der Waals surface area contributed by atoms with Gasteiger partial charge in [-0.1, -0.05) is 91.9 Å². The van der Waals surface area contributed by atoms with Crippen molar-refractivity contribution in [2.24, 2.45) is 0 Å². The molecular weight excluding hydrogens is 500 g/mol. The third-order valence-electron chi connectivity index (χ3n) is 7.97. The Hall–Kier alpha value is -5.35. The van der Waals surface area contributed by atoms with E-state index >= 15 is 0 Å². The normalized spacial score (nSPS) is 11.6. The smallest absolute Gasteiger partial charge is 0.114 e. The molecule has 194 valence electrons. The van der Waals surface area contributed by atoms with E-state index in [1.165, 1.54) is 5.39 Å². The van der Waals surface area contributed by atoms with Gasteiger partial charge in [0.05, 0.1) is 27.8 Å². The molecule has 0 radical (unpaired) electrons. The van der Waals surface area contributed by atoms with Crippen molar-refractivity contribution in [1.29, 1.82) is 0 Å². The summed E-state index contributed by atoms with van der Waals surface area (Å²) in [6, 6.07) is 42.5. The van der Waals surface area contributed by atoms with Gasteiger partial charge in [-0.15, -0.1) is 0 Å². The summed E-state index contributed by atoms with van der Waals surface area (Å²) >= 11 is 0. The van der Waals surface area contributed by atoms with Gasteiger partial charge in [-0.25, -0.2) is 9.97 Å². The average Bonchev–Trinajstić information content (AvgIpc) is 3.43. The molecule has 0 N–H and O–H groups in total. The SMILES string of the molecule is CCc1nc2c3c(-c4ccc(-c5cnc6ccccc6c5)cc4)nc4ccccc4c3ccc2n1-c1ccccc1. The van der Waals surface area contributed by atoms with Gasteiger partial charge in [0, 0.05) is 45.6 Å². The molecule has 0 aliphatic heterocycles. The van der Waals surface area contributed by atoms with Crippen LogP contribution >= 0.6 is 0 Å². The zero-order valence-electron chi connectivity index (χ0n) is 22.6. The number of hydrogen-bond donors (Lipinski definition) is 0. The molecule has 0 spiro atoms. The first-order valence-electron chi connectivity index (χ1n) is 14.0. The molecule has 4 nitrogen and oxygen atoms in total. The van der Waals surface area contributed by atoms with E-state index in [0.29, 0.717) is 0 Å². The fourth-order valence-electron chi connectivity index (χ4n) is 5.99. The van der Waals surface area contributed by atoms with Crippen LogP contribution in [0.25, 0.3) is 71.7 Å². The minimum atomic E-state index is 0.829. The minimum absolute atomic E-state index is 0.829. The van der Waals surface area contributed by atoms with Crippen molar-refractivity contribution in [3.8, 4) is 28.1 Å². The summed E-state index contributed by atoms with van der Waals surface area (Å²) in [5.74, 6) is 1.04. The van der Waals surface area contributed by atoms with Crippen LogP contribution in [0.15, 0.2) is 128 Å². The fraction of sp³-hybridized carbons (Fsp3) is 0.0541. The van der Waals surface area contributed by atoms with E-state index in [2.05, 4.69) is 126 Å². The quantitative estimate of drug-likeness (QED) is 0.215. The van der Waals surface area contributed by atoms with E-state index in [4.69, 9.17) is 9.97 Å². The number of para-hydroxylation sites is 3. The summed E-state index contributed by atoms with van der Waals surface area (Å²) in [7, 11) is 0. The summed E-state index contributed by atoms with van der Waals surface area (Å²) in [6.07, 6.45) is 2.78. The van der Waals surface area contributed by atoms with Crippen molar-refractivity contribution in [2.45, 2.75) is 13.3 Å².